The second-order valence-corrected chi connectivity index (χ2v) is 3.91. The van der Waals surface area contributed by atoms with E-state index in [1.165, 1.54) is 4.90 Å². The van der Waals surface area contributed by atoms with Crippen LogP contribution in [0.5, 0.6) is 0 Å². The number of amides is 1. The molecule has 1 amide bonds. The van der Waals surface area contributed by atoms with Crippen LogP contribution in [0.1, 0.15) is 12.8 Å². The molecule has 4 nitrogen and oxygen atoms in total. The molecule has 0 atom stereocenters. The summed E-state index contributed by atoms with van der Waals surface area (Å²) < 4.78 is 36.2. The molecule has 1 saturated heterocycles. The standard InChI is InChI=1S/C7H13BF3N2O2.K/c9-8(10,11)5-13-3-1-7(15,2-4-13)6(12)14;/h15H,1-5H2,(H2,12,14);/q-1;+1. The van der Waals surface area contributed by atoms with Crippen LogP contribution in [0.2, 0.25) is 0 Å². The van der Waals surface area contributed by atoms with Gasteiger partial charge in [-0.25, -0.2) is 0 Å². The molecule has 0 aromatic rings. The minimum atomic E-state index is -4.85. The molecular formula is C7H13BF3KN2O2. The Morgan fingerprint density at radius 2 is 1.81 bits per heavy atom. The number of rotatable bonds is 3. The zero-order valence-corrected chi connectivity index (χ0v) is 12.2. The largest absolute Gasteiger partial charge is 1.00 e. The van der Waals surface area contributed by atoms with Crippen molar-refractivity contribution >= 4 is 12.9 Å². The Bertz CT molecular complexity index is 257. The Balaban J connectivity index is 0.00000225. The third kappa shape index (κ3) is 5.03. The molecule has 1 rings (SSSR count). The quantitative estimate of drug-likeness (QED) is 0.524. The molecule has 0 aromatic carbocycles. The van der Waals surface area contributed by atoms with Gasteiger partial charge in [0.25, 0.3) is 0 Å². The van der Waals surface area contributed by atoms with Gasteiger partial charge in [0.2, 0.25) is 5.91 Å². The molecule has 16 heavy (non-hydrogen) atoms. The van der Waals surface area contributed by atoms with Gasteiger partial charge in [-0.3, -0.25) is 4.79 Å². The first kappa shape index (κ1) is 16.9. The van der Waals surface area contributed by atoms with E-state index >= 15 is 0 Å². The average molecular weight is 264 g/mol. The second kappa shape index (κ2) is 6.17. The summed E-state index contributed by atoms with van der Waals surface area (Å²) in [6.07, 6.45) is -1.02. The summed E-state index contributed by atoms with van der Waals surface area (Å²) in [7, 11) is 0. The molecular weight excluding hydrogens is 251 g/mol. The van der Waals surface area contributed by atoms with Gasteiger partial charge in [-0.2, -0.15) is 0 Å². The molecule has 1 fully saturated rings. The van der Waals surface area contributed by atoms with E-state index in [0.29, 0.717) is 0 Å². The van der Waals surface area contributed by atoms with Crippen LogP contribution in [0, 0.1) is 0 Å². The zero-order valence-electron chi connectivity index (χ0n) is 9.13. The predicted octanol–water partition coefficient (Wildman–Crippen LogP) is -3.31. The number of nitrogens with two attached hydrogens (primary N) is 1. The Hall–Kier alpha value is 0.881. The summed E-state index contributed by atoms with van der Waals surface area (Å²) in [4.78, 5) is 12.0. The number of carbonyl (C=O) groups excluding carboxylic acids is 1. The van der Waals surface area contributed by atoms with Crippen molar-refractivity contribution in [1.29, 1.82) is 0 Å². The number of piperidine rings is 1. The third-order valence-corrected chi connectivity index (χ3v) is 2.61. The molecule has 0 aliphatic carbocycles. The van der Waals surface area contributed by atoms with Crippen LogP contribution in [0.25, 0.3) is 0 Å². The van der Waals surface area contributed by atoms with Crippen LogP contribution >= 0.6 is 0 Å². The average Bonchev–Trinajstić information content (AvgIpc) is 2.07. The molecule has 3 N–H and O–H groups in total. The van der Waals surface area contributed by atoms with E-state index in [-0.39, 0.29) is 77.3 Å². The van der Waals surface area contributed by atoms with E-state index in [1.54, 1.807) is 0 Å². The van der Waals surface area contributed by atoms with E-state index in [2.05, 4.69) is 0 Å². The molecule has 0 bridgehead atoms. The van der Waals surface area contributed by atoms with Gasteiger partial charge in [0, 0.05) is 0 Å². The number of likely N-dealkylation sites (tertiary alicyclic amines) is 1. The van der Waals surface area contributed by atoms with Gasteiger partial charge >= 0.3 is 58.4 Å². The molecule has 88 valence electrons. The number of carbonyl (C=O) groups is 1. The monoisotopic (exact) mass is 264 g/mol. The summed E-state index contributed by atoms with van der Waals surface area (Å²) in [5.41, 5.74) is 3.32. The molecule has 0 radical (unpaired) electrons. The molecule has 0 saturated carbocycles. The summed E-state index contributed by atoms with van der Waals surface area (Å²) >= 11 is 0. The minimum absolute atomic E-state index is 0. The van der Waals surface area contributed by atoms with Gasteiger partial charge in [-0.05, 0) is 32.4 Å². The Labute approximate surface area is 134 Å². The minimum Gasteiger partial charge on any atom is -0.448 e. The first-order chi connectivity index (χ1) is 6.73. The summed E-state index contributed by atoms with van der Waals surface area (Å²) in [5, 5.41) is 9.59. The van der Waals surface area contributed by atoms with Crippen LogP contribution in [-0.4, -0.2) is 48.0 Å². The summed E-state index contributed by atoms with van der Waals surface area (Å²) in [5.74, 6) is -0.861. The molecule has 0 aromatic heterocycles. The Kier molecular flexibility index (Phi) is 6.51. The van der Waals surface area contributed by atoms with E-state index in [1.807, 2.05) is 0 Å². The topological polar surface area (TPSA) is 66.6 Å². The third-order valence-electron chi connectivity index (χ3n) is 2.61. The van der Waals surface area contributed by atoms with Gasteiger partial charge in [-0.1, -0.05) is 0 Å². The van der Waals surface area contributed by atoms with Crippen molar-refractivity contribution in [2.45, 2.75) is 18.4 Å². The van der Waals surface area contributed by atoms with Crippen molar-refractivity contribution in [3.63, 3.8) is 0 Å². The number of primary amides is 1. The number of halogens is 3. The van der Waals surface area contributed by atoms with Crippen molar-refractivity contribution in [3.05, 3.63) is 0 Å². The van der Waals surface area contributed by atoms with Crippen molar-refractivity contribution in [2.75, 3.05) is 19.5 Å². The molecule has 0 spiro atoms. The first-order valence-corrected chi connectivity index (χ1v) is 4.69. The molecule has 9 heteroatoms. The van der Waals surface area contributed by atoms with Gasteiger partial charge in [0.1, 0.15) is 5.60 Å². The van der Waals surface area contributed by atoms with E-state index in [4.69, 9.17) is 5.73 Å². The van der Waals surface area contributed by atoms with Gasteiger partial charge in [-0.15, -0.1) is 0 Å². The SMILES string of the molecule is NC(=O)C1(O)CCN(C[B-](F)(F)F)CC1.[K+]. The maximum atomic E-state index is 12.1. The van der Waals surface area contributed by atoms with Crippen LogP contribution in [0.3, 0.4) is 0 Å². The maximum Gasteiger partial charge on any atom is 1.00 e. The van der Waals surface area contributed by atoms with Crippen LogP contribution in [-0.2, 0) is 4.79 Å². The van der Waals surface area contributed by atoms with Crippen molar-refractivity contribution in [1.82, 2.24) is 4.90 Å². The van der Waals surface area contributed by atoms with Gasteiger partial charge < -0.3 is 28.7 Å². The fourth-order valence-corrected chi connectivity index (χ4v) is 1.64. The Morgan fingerprint density at radius 3 is 2.12 bits per heavy atom. The smallest absolute Gasteiger partial charge is 0.448 e. The predicted molar refractivity (Wildman–Crippen MR) is 48.9 cm³/mol. The second-order valence-electron chi connectivity index (χ2n) is 3.91. The number of aliphatic hydroxyl groups is 1. The molecule has 0 unspecified atom stereocenters. The molecule has 1 aliphatic heterocycles. The van der Waals surface area contributed by atoms with Crippen molar-refractivity contribution in [2.24, 2.45) is 5.73 Å². The van der Waals surface area contributed by atoms with Crippen LogP contribution in [0.15, 0.2) is 0 Å². The van der Waals surface area contributed by atoms with E-state index in [0.717, 1.165) is 0 Å². The zero-order chi connectivity index (χ0) is 11.7. The number of hydrogen-bond donors (Lipinski definition) is 2. The first-order valence-electron chi connectivity index (χ1n) is 4.69. The fraction of sp³-hybridized carbons (Fsp3) is 0.857. The van der Waals surface area contributed by atoms with Crippen LogP contribution in [0.4, 0.5) is 12.9 Å². The number of nitrogens with zero attached hydrogens (tertiary/aromatic N) is 1. The number of hydrogen-bond acceptors (Lipinski definition) is 3. The Morgan fingerprint density at radius 1 is 1.38 bits per heavy atom. The van der Waals surface area contributed by atoms with Gasteiger partial charge in [0.05, 0.1) is 0 Å². The van der Waals surface area contributed by atoms with E-state index in [9.17, 15) is 22.8 Å². The summed E-state index contributed by atoms with van der Waals surface area (Å²) in [6, 6.07) is 0. The van der Waals surface area contributed by atoms with Gasteiger partial charge in [0.15, 0.2) is 0 Å². The molecule has 1 aliphatic rings. The maximum absolute atomic E-state index is 12.1. The van der Waals surface area contributed by atoms with Crippen LogP contribution < -0.4 is 57.1 Å². The van der Waals surface area contributed by atoms with Crippen molar-refractivity contribution < 1.29 is 74.2 Å². The van der Waals surface area contributed by atoms with Crippen molar-refractivity contribution in [3.8, 4) is 0 Å². The summed E-state index contributed by atoms with van der Waals surface area (Å²) in [6.45, 7) is -4.77. The van der Waals surface area contributed by atoms with E-state index < -0.39 is 24.9 Å². The fourth-order valence-electron chi connectivity index (χ4n) is 1.64. The molecule has 1 heterocycles. The normalized spacial score (nSPS) is 21.2.